The third kappa shape index (κ3) is 2.93. The molecule has 27 heavy (non-hydrogen) atoms. The van der Waals surface area contributed by atoms with Crippen LogP contribution in [0.15, 0.2) is 71.0 Å². The zero-order valence-electron chi connectivity index (χ0n) is 14.0. The third-order valence-corrected chi connectivity index (χ3v) is 5.16. The molecule has 0 aliphatic carbocycles. The number of nitrogens with zero attached hydrogens (tertiary/aromatic N) is 2. The van der Waals surface area contributed by atoms with Gasteiger partial charge in [-0.25, -0.2) is 0 Å². The Labute approximate surface area is 159 Å². The van der Waals surface area contributed by atoms with Gasteiger partial charge in [-0.2, -0.15) is 5.10 Å². The van der Waals surface area contributed by atoms with Crippen LogP contribution < -0.4 is 5.43 Å². The Hall–Kier alpha value is -3.26. The first-order chi connectivity index (χ1) is 13.1. The van der Waals surface area contributed by atoms with Crippen LogP contribution in [0.3, 0.4) is 0 Å². The van der Waals surface area contributed by atoms with Crippen molar-refractivity contribution in [3.8, 4) is 5.75 Å². The highest BCUT2D eigenvalue weighted by Gasteiger charge is 2.46. The number of aliphatic hydroxyl groups is 1. The maximum atomic E-state index is 13.1. The molecule has 2 aliphatic rings. The molecule has 4 rings (SSSR count). The van der Waals surface area contributed by atoms with Crippen LogP contribution in [0.5, 0.6) is 5.75 Å². The monoisotopic (exact) mass is 381 g/mol. The van der Waals surface area contributed by atoms with Crippen molar-refractivity contribution in [1.82, 2.24) is 10.3 Å². The minimum absolute atomic E-state index is 0.00732. The van der Waals surface area contributed by atoms with Crippen LogP contribution in [0.4, 0.5) is 0 Å². The molecule has 1 amide bonds. The van der Waals surface area contributed by atoms with Gasteiger partial charge in [0, 0.05) is 5.56 Å². The summed E-state index contributed by atoms with van der Waals surface area (Å²) in [6, 6.07) is 13.8. The number of Topliss-reactive ketones (excluding diaryl/α,β-unsaturated/α-hetero) is 1. The van der Waals surface area contributed by atoms with Crippen molar-refractivity contribution in [2.24, 2.45) is 5.10 Å². The summed E-state index contributed by atoms with van der Waals surface area (Å²) in [5.41, 5.74) is 3.72. The van der Waals surface area contributed by atoms with Crippen molar-refractivity contribution in [2.75, 3.05) is 5.88 Å². The number of hydrazone groups is 1. The molecule has 0 saturated carbocycles. The summed E-state index contributed by atoms with van der Waals surface area (Å²) in [5, 5.41) is 24.6. The maximum absolute atomic E-state index is 13.1. The topological polar surface area (TPSA) is 102 Å². The van der Waals surface area contributed by atoms with E-state index in [0.717, 1.165) is 0 Å². The quantitative estimate of drug-likeness (QED) is 0.706. The van der Waals surface area contributed by atoms with Gasteiger partial charge >= 0.3 is 0 Å². The normalized spacial score (nSPS) is 19.3. The lowest BCUT2D eigenvalue weighted by Gasteiger charge is -2.25. The first-order valence-electron chi connectivity index (χ1n) is 8.16. The molecule has 2 heterocycles. The van der Waals surface area contributed by atoms with Gasteiger partial charge in [0.25, 0.3) is 5.91 Å². The van der Waals surface area contributed by atoms with Crippen LogP contribution in [-0.4, -0.2) is 37.8 Å². The van der Waals surface area contributed by atoms with Gasteiger partial charge < -0.3 is 10.2 Å². The fourth-order valence-electron chi connectivity index (χ4n) is 3.10. The van der Waals surface area contributed by atoms with Gasteiger partial charge in [-0.15, -0.1) is 0 Å². The Bertz CT molecular complexity index is 970. The van der Waals surface area contributed by atoms with E-state index < -0.39 is 23.5 Å². The van der Waals surface area contributed by atoms with E-state index in [1.807, 2.05) is 0 Å². The number of hydrogen-bond donors (Lipinski definition) is 3. The number of phenols is 1. The van der Waals surface area contributed by atoms with E-state index in [-0.39, 0.29) is 11.3 Å². The molecule has 0 spiro atoms. The number of aliphatic hydroxyl groups excluding tert-OH is 1. The summed E-state index contributed by atoms with van der Waals surface area (Å²) >= 11 is 1.30. The molecular weight excluding hydrogens is 366 g/mol. The lowest BCUT2D eigenvalue weighted by atomic mass is 9.93. The standard InChI is InChI=1S/C19H15N3O4S/c23-13-8-6-11(7-9-13)15-14(16(24)12-4-2-1-3-5-12)17(25)18(26)22(15)19-21-20-10-27-19/h1-9,15,20,23,25H,10H2. The van der Waals surface area contributed by atoms with Gasteiger partial charge in [-0.1, -0.05) is 54.2 Å². The second-order valence-electron chi connectivity index (χ2n) is 5.97. The van der Waals surface area contributed by atoms with Crippen molar-refractivity contribution < 1.29 is 19.8 Å². The Morgan fingerprint density at radius 3 is 2.44 bits per heavy atom. The van der Waals surface area contributed by atoms with Crippen LogP contribution in [-0.2, 0) is 4.79 Å². The molecule has 8 heteroatoms. The van der Waals surface area contributed by atoms with Gasteiger partial charge in [-0.3, -0.25) is 19.9 Å². The molecule has 1 atom stereocenters. The zero-order chi connectivity index (χ0) is 19.0. The minimum Gasteiger partial charge on any atom is -0.508 e. The minimum atomic E-state index is -0.836. The molecule has 2 aliphatic heterocycles. The highest BCUT2D eigenvalue weighted by Crippen LogP contribution is 2.41. The molecule has 0 bridgehead atoms. The SMILES string of the molecule is O=C(C1=C(O)C(=O)N(C2=NNCS2)C1c1ccc(O)cc1)c1ccccc1. The van der Waals surface area contributed by atoms with Crippen LogP contribution in [0.25, 0.3) is 0 Å². The highest BCUT2D eigenvalue weighted by molar-refractivity contribution is 8.14. The molecule has 1 unspecified atom stereocenters. The number of aromatic hydroxyl groups is 1. The summed E-state index contributed by atoms with van der Waals surface area (Å²) < 4.78 is 0. The number of phenolic OH excluding ortho intramolecular Hbond substituents is 1. The number of ketones is 1. The van der Waals surface area contributed by atoms with Crippen molar-refractivity contribution in [1.29, 1.82) is 0 Å². The van der Waals surface area contributed by atoms with E-state index >= 15 is 0 Å². The Morgan fingerprint density at radius 1 is 1.11 bits per heavy atom. The van der Waals surface area contributed by atoms with Crippen molar-refractivity contribution >= 4 is 28.6 Å². The van der Waals surface area contributed by atoms with Gasteiger partial charge in [0.15, 0.2) is 16.7 Å². The first kappa shape index (κ1) is 17.2. The number of rotatable bonds is 3. The number of amidine groups is 1. The fraction of sp³-hybridized carbons (Fsp3) is 0.105. The molecule has 0 fully saturated rings. The predicted octanol–water partition coefficient (Wildman–Crippen LogP) is 2.54. The smallest absolute Gasteiger partial charge is 0.296 e. The molecule has 7 nitrogen and oxygen atoms in total. The van der Waals surface area contributed by atoms with Crippen molar-refractivity contribution in [3.63, 3.8) is 0 Å². The molecule has 136 valence electrons. The van der Waals surface area contributed by atoms with Crippen LogP contribution >= 0.6 is 11.8 Å². The number of hydrogen-bond acceptors (Lipinski definition) is 7. The molecule has 0 saturated heterocycles. The number of carbonyl (C=O) groups excluding carboxylic acids is 2. The number of thioether (sulfide) groups is 1. The molecule has 0 aromatic heterocycles. The van der Waals surface area contributed by atoms with E-state index in [1.165, 1.54) is 28.8 Å². The zero-order valence-corrected chi connectivity index (χ0v) is 14.8. The highest BCUT2D eigenvalue weighted by atomic mass is 32.2. The van der Waals surface area contributed by atoms with Gasteiger partial charge in [0.05, 0.1) is 17.5 Å². The maximum Gasteiger partial charge on any atom is 0.296 e. The summed E-state index contributed by atoms with van der Waals surface area (Å²) in [6.07, 6.45) is 0. The summed E-state index contributed by atoms with van der Waals surface area (Å²) in [7, 11) is 0. The first-order valence-corrected chi connectivity index (χ1v) is 9.15. The lowest BCUT2D eigenvalue weighted by molar-refractivity contribution is -0.125. The molecule has 2 aromatic rings. The summed E-state index contributed by atoms with van der Waals surface area (Å²) in [4.78, 5) is 27.2. The van der Waals surface area contributed by atoms with Crippen molar-refractivity contribution in [3.05, 3.63) is 77.1 Å². The predicted molar refractivity (Wildman–Crippen MR) is 101 cm³/mol. The molecule has 0 radical (unpaired) electrons. The van der Waals surface area contributed by atoms with E-state index in [1.54, 1.807) is 42.5 Å². The second-order valence-corrected chi connectivity index (χ2v) is 6.91. The molecular formula is C19H15N3O4S. The Kier molecular flexibility index (Phi) is 4.33. The van der Waals surface area contributed by atoms with Crippen LogP contribution in [0.2, 0.25) is 0 Å². The number of nitrogens with one attached hydrogen (secondary N) is 1. The second kappa shape index (κ2) is 6.81. The Morgan fingerprint density at radius 2 is 1.81 bits per heavy atom. The summed E-state index contributed by atoms with van der Waals surface area (Å²) in [6.45, 7) is 0. The Balaban J connectivity index is 1.84. The van der Waals surface area contributed by atoms with Gasteiger partial charge in [0.1, 0.15) is 5.75 Å². The largest absolute Gasteiger partial charge is 0.508 e. The third-order valence-electron chi connectivity index (χ3n) is 4.34. The lowest BCUT2D eigenvalue weighted by Crippen LogP contribution is -2.34. The van der Waals surface area contributed by atoms with E-state index in [0.29, 0.717) is 22.2 Å². The number of carbonyl (C=O) groups is 2. The average molecular weight is 381 g/mol. The van der Waals surface area contributed by atoms with E-state index in [4.69, 9.17) is 0 Å². The summed E-state index contributed by atoms with van der Waals surface area (Å²) in [5.74, 6) is -1.14. The van der Waals surface area contributed by atoms with Gasteiger partial charge in [-0.05, 0) is 17.7 Å². The number of amides is 1. The van der Waals surface area contributed by atoms with Crippen LogP contribution in [0.1, 0.15) is 22.0 Å². The molecule has 3 N–H and O–H groups in total. The van der Waals surface area contributed by atoms with Gasteiger partial charge in [0.2, 0.25) is 0 Å². The van der Waals surface area contributed by atoms with E-state index in [2.05, 4.69) is 10.5 Å². The molecule has 2 aromatic carbocycles. The number of benzene rings is 2. The van der Waals surface area contributed by atoms with Crippen LogP contribution in [0, 0.1) is 0 Å². The van der Waals surface area contributed by atoms with E-state index in [9.17, 15) is 19.8 Å². The average Bonchev–Trinajstić information content (AvgIpc) is 3.30. The van der Waals surface area contributed by atoms with Crippen molar-refractivity contribution in [2.45, 2.75) is 6.04 Å². The fourth-order valence-corrected chi connectivity index (χ4v) is 3.82.